The summed E-state index contributed by atoms with van der Waals surface area (Å²) in [5, 5.41) is 2.99. The third-order valence-electron chi connectivity index (χ3n) is 1.93. The largest absolute Gasteiger partial charge is 0.289 e. The Morgan fingerprint density at radius 3 is 2.07 bits per heavy atom. The van der Waals surface area contributed by atoms with Crippen LogP contribution in [-0.2, 0) is 9.59 Å². The molecule has 76 valence electrons. The van der Waals surface area contributed by atoms with Gasteiger partial charge in [-0.15, -0.1) is 0 Å². The number of amides is 2. The third kappa shape index (κ3) is 2.03. The van der Waals surface area contributed by atoms with Crippen LogP contribution in [0.1, 0.15) is 5.56 Å². The molecule has 0 bridgehead atoms. The molecule has 0 fully saturated rings. The average Bonchev–Trinajstić information content (AvgIpc) is 2.43. The minimum Gasteiger partial charge on any atom is -0.289 e. The fourth-order valence-electron chi connectivity index (χ4n) is 1.34. The predicted octanol–water partition coefficient (Wildman–Crippen LogP) is 2.03. The Bertz CT molecular complexity index is 474. The van der Waals surface area contributed by atoms with Gasteiger partial charge in [0.15, 0.2) is 0 Å². The number of carbonyl (C=O) groups is 2. The van der Waals surface area contributed by atoms with Crippen LogP contribution in [0.4, 0.5) is 0 Å². The Morgan fingerprint density at radius 1 is 1.00 bits per heavy atom. The third-order valence-corrected chi connectivity index (χ3v) is 2.37. The molecular formula is C10H5Cl2NO2. The minimum absolute atomic E-state index is 0.282. The van der Waals surface area contributed by atoms with Crippen LogP contribution in [0.3, 0.4) is 0 Å². The number of halogens is 2. The standard InChI is InChI=1S/C10H5Cl2NO2/c11-6-1-5(2-7(12)3-6)8-4-9(14)13-10(8)15/h1-4H,(H,13,14,15). The van der Waals surface area contributed by atoms with E-state index in [4.69, 9.17) is 23.2 Å². The van der Waals surface area contributed by atoms with E-state index in [1.165, 1.54) is 6.08 Å². The number of hydrogen-bond acceptors (Lipinski definition) is 2. The topological polar surface area (TPSA) is 46.2 Å². The highest BCUT2D eigenvalue weighted by atomic mass is 35.5. The number of hydrogen-bond donors (Lipinski definition) is 1. The lowest BCUT2D eigenvalue weighted by Gasteiger charge is -2.01. The van der Waals surface area contributed by atoms with Crippen molar-refractivity contribution in [1.82, 2.24) is 5.32 Å². The molecule has 15 heavy (non-hydrogen) atoms. The van der Waals surface area contributed by atoms with Crippen molar-refractivity contribution < 1.29 is 9.59 Å². The number of nitrogens with one attached hydrogen (secondary N) is 1. The monoisotopic (exact) mass is 241 g/mol. The Labute approximate surface area is 95.7 Å². The Balaban J connectivity index is 2.50. The zero-order valence-electron chi connectivity index (χ0n) is 7.38. The van der Waals surface area contributed by atoms with Crippen LogP contribution in [0.5, 0.6) is 0 Å². The number of rotatable bonds is 1. The first kappa shape index (κ1) is 10.2. The van der Waals surface area contributed by atoms with Crippen LogP contribution in [0.15, 0.2) is 24.3 Å². The van der Waals surface area contributed by atoms with Gasteiger partial charge >= 0.3 is 0 Å². The summed E-state index contributed by atoms with van der Waals surface area (Å²) in [7, 11) is 0. The molecule has 0 aliphatic carbocycles. The second-order valence-electron chi connectivity index (χ2n) is 3.03. The molecule has 1 aliphatic rings. The Morgan fingerprint density at radius 2 is 1.60 bits per heavy atom. The smallest absolute Gasteiger partial charge is 0.258 e. The lowest BCUT2D eigenvalue weighted by atomic mass is 10.1. The van der Waals surface area contributed by atoms with Crippen molar-refractivity contribution in [2.24, 2.45) is 0 Å². The lowest BCUT2D eigenvalue weighted by molar-refractivity contribution is -0.123. The van der Waals surface area contributed by atoms with Gasteiger partial charge in [0.25, 0.3) is 11.8 Å². The first-order valence-corrected chi connectivity index (χ1v) is 4.85. The summed E-state index contributed by atoms with van der Waals surface area (Å²) in [4.78, 5) is 22.3. The molecule has 1 heterocycles. The average molecular weight is 242 g/mol. The second-order valence-corrected chi connectivity index (χ2v) is 3.91. The molecular weight excluding hydrogens is 237 g/mol. The van der Waals surface area contributed by atoms with E-state index in [0.717, 1.165) is 0 Å². The first-order chi connectivity index (χ1) is 7.06. The summed E-state index contributed by atoms with van der Waals surface area (Å²) >= 11 is 11.6. The Hall–Kier alpha value is -1.32. The van der Waals surface area contributed by atoms with E-state index in [9.17, 15) is 9.59 Å². The number of benzene rings is 1. The molecule has 0 atom stereocenters. The van der Waals surface area contributed by atoms with Gasteiger partial charge in [-0.25, -0.2) is 0 Å². The van der Waals surface area contributed by atoms with Crippen LogP contribution in [0.2, 0.25) is 10.0 Å². The molecule has 2 amide bonds. The van der Waals surface area contributed by atoms with Crippen molar-refractivity contribution >= 4 is 40.6 Å². The molecule has 3 nitrogen and oxygen atoms in total. The molecule has 1 aromatic rings. The molecule has 0 aromatic heterocycles. The highest BCUT2D eigenvalue weighted by Crippen LogP contribution is 2.25. The van der Waals surface area contributed by atoms with Gasteiger partial charge in [0.05, 0.1) is 5.57 Å². The molecule has 1 aliphatic heterocycles. The summed E-state index contributed by atoms with van der Waals surface area (Å²) in [5.74, 6) is -0.857. The fraction of sp³-hybridized carbons (Fsp3) is 0. The van der Waals surface area contributed by atoms with Crippen molar-refractivity contribution in [2.75, 3.05) is 0 Å². The van der Waals surface area contributed by atoms with E-state index in [-0.39, 0.29) is 5.57 Å². The van der Waals surface area contributed by atoms with Gasteiger partial charge in [0.1, 0.15) is 0 Å². The number of carbonyl (C=O) groups excluding carboxylic acids is 2. The zero-order chi connectivity index (χ0) is 11.0. The zero-order valence-corrected chi connectivity index (χ0v) is 8.89. The fourth-order valence-corrected chi connectivity index (χ4v) is 1.86. The summed E-state index contributed by atoms with van der Waals surface area (Å²) < 4.78 is 0. The molecule has 1 aromatic carbocycles. The highest BCUT2D eigenvalue weighted by Gasteiger charge is 2.22. The van der Waals surface area contributed by atoms with Gasteiger partial charge in [-0.05, 0) is 23.8 Å². The van der Waals surface area contributed by atoms with Crippen LogP contribution in [0.25, 0.3) is 5.57 Å². The highest BCUT2D eigenvalue weighted by molar-refractivity contribution is 6.37. The van der Waals surface area contributed by atoms with Gasteiger partial charge in [-0.3, -0.25) is 14.9 Å². The summed E-state index contributed by atoms with van der Waals surface area (Å²) in [6.45, 7) is 0. The molecule has 0 radical (unpaired) electrons. The van der Waals surface area contributed by atoms with Crippen LogP contribution >= 0.6 is 23.2 Å². The van der Waals surface area contributed by atoms with Crippen LogP contribution in [0, 0.1) is 0 Å². The molecule has 0 unspecified atom stereocenters. The van der Waals surface area contributed by atoms with Crippen molar-refractivity contribution in [3.8, 4) is 0 Å². The summed E-state index contributed by atoms with van der Waals surface area (Å²) in [5.41, 5.74) is 0.820. The van der Waals surface area contributed by atoms with Crippen molar-refractivity contribution in [3.63, 3.8) is 0 Å². The Kier molecular flexibility index (Phi) is 2.50. The summed E-state index contributed by atoms with van der Waals surface area (Å²) in [6, 6.07) is 4.72. The molecule has 0 saturated carbocycles. The van der Waals surface area contributed by atoms with E-state index in [0.29, 0.717) is 15.6 Å². The van der Waals surface area contributed by atoms with Crippen LogP contribution in [-0.4, -0.2) is 11.8 Å². The SMILES string of the molecule is O=C1C=C(c2cc(Cl)cc(Cl)c2)C(=O)N1. The second kappa shape index (κ2) is 3.68. The predicted molar refractivity (Wildman–Crippen MR) is 57.6 cm³/mol. The molecule has 1 N–H and O–H groups in total. The van der Waals surface area contributed by atoms with E-state index < -0.39 is 11.8 Å². The minimum atomic E-state index is -0.432. The van der Waals surface area contributed by atoms with Gasteiger partial charge in [-0.2, -0.15) is 0 Å². The number of imide groups is 1. The van der Waals surface area contributed by atoms with Crippen molar-refractivity contribution in [3.05, 3.63) is 39.9 Å². The molecule has 5 heteroatoms. The van der Waals surface area contributed by atoms with E-state index in [1.54, 1.807) is 18.2 Å². The molecule has 0 spiro atoms. The van der Waals surface area contributed by atoms with Crippen molar-refractivity contribution in [1.29, 1.82) is 0 Å². The van der Waals surface area contributed by atoms with Crippen LogP contribution < -0.4 is 5.32 Å². The van der Waals surface area contributed by atoms with Gasteiger partial charge in [0, 0.05) is 16.1 Å². The summed E-state index contributed by atoms with van der Waals surface area (Å²) in [6.07, 6.45) is 1.23. The van der Waals surface area contributed by atoms with Gasteiger partial charge in [0.2, 0.25) is 0 Å². The van der Waals surface area contributed by atoms with E-state index in [2.05, 4.69) is 5.32 Å². The van der Waals surface area contributed by atoms with Gasteiger partial charge in [-0.1, -0.05) is 23.2 Å². The lowest BCUT2D eigenvalue weighted by Crippen LogP contribution is -2.21. The van der Waals surface area contributed by atoms with E-state index >= 15 is 0 Å². The quantitative estimate of drug-likeness (QED) is 0.766. The normalized spacial score (nSPS) is 15.2. The molecule has 0 saturated heterocycles. The van der Waals surface area contributed by atoms with E-state index in [1.807, 2.05) is 0 Å². The maximum Gasteiger partial charge on any atom is 0.258 e. The first-order valence-electron chi connectivity index (χ1n) is 4.10. The maximum absolute atomic E-state index is 11.3. The van der Waals surface area contributed by atoms with Crippen molar-refractivity contribution in [2.45, 2.75) is 0 Å². The maximum atomic E-state index is 11.3. The van der Waals surface area contributed by atoms with Gasteiger partial charge < -0.3 is 0 Å². The molecule has 2 rings (SSSR count).